The summed E-state index contributed by atoms with van der Waals surface area (Å²) in [6, 6.07) is 13.7. The first-order valence-corrected chi connectivity index (χ1v) is 8.57. The number of hydrogen-bond acceptors (Lipinski definition) is 2. The van der Waals surface area contributed by atoms with E-state index in [4.69, 9.17) is 4.74 Å². The molecule has 0 bridgehead atoms. The van der Waals surface area contributed by atoms with Crippen LogP contribution in [-0.2, 0) is 4.79 Å². The van der Waals surface area contributed by atoms with E-state index in [0.717, 1.165) is 22.1 Å². The molecule has 1 amide bonds. The number of carbonyl (C=O) groups excluding carboxylic acids is 1. The number of ether oxygens (including phenoxy) is 1. The SMILES string of the molecule is CC[C@H](C)c1ccc(NC(=O)COc2ccc(C)cc2Br)cc1. The molecule has 0 unspecified atom stereocenters. The van der Waals surface area contributed by atoms with Gasteiger partial charge in [-0.25, -0.2) is 0 Å². The molecule has 0 heterocycles. The topological polar surface area (TPSA) is 38.3 Å². The Morgan fingerprint density at radius 3 is 2.52 bits per heavy atom. The summed E-state index contributed by atoms with van der Waals surface area (Å²) in [5.41, 5.74) is 3.20. The Kier molecular flexibility index (Phi) is 6.22. The Hall–Kier alpha value is -1.81. The lowest BCUT2D eigenvalue weighted by Crippen LogP contribution is -2.20. The van der Waals surface area contributed by atoms with Gasteiger partial charge in [0.15, 0.2) is 6.61 Å². The predicted molar refractivity (Wildman–Crippen MR) is 98.2 cm³/mol. The fourth-order valence-electron chi connectivity index (χ4n) is 2.19. The number of hydrogen-bond donors (Lipinski definition) is 1. The average Bonchev–Trinajstić information content (AvgIpc) is 2.54. The van der Waals surface area contributed by atoms with Crippen LogP contribution in [0.3, 0.4) is 0 Å². The van der Waals surface area contributed by atoms with Gasteiger partial charge >= 0.3 is 0 Å². The van der Waals surface area contributed by atoms with E-state index in [9.17, 15) is 4.79 Å². The van der Waals surface area contributed by atoms with Crippen molar-refractivity contribution in [3.63, 3.8) is 0 Å². The van der Waals surface area contributed by atoms with E-state index in [0.29, 0.717) is 11.7 Å². The average molecular weight is 376 g/mol. The zero-order valence-electron chi connectivity index (χ0n) is 13.7. The number of carbonyl (C=O) groups is 1. The first-order valence-electron chi connectivity index (χ1n) is 7.78. The Bertz CT molecular complexity index is 668. The van der Waals surface area contributed by atoms with E-state index >= 15 is 0 Å². The second kappa shape index (κ2) is 8.16. The van der Waals surface area contributed by atoms with Crippen LogP contribution in [0.5, 0.6) is 5.75 Å². The smallest absolute Gasteiger partial charge is 0.262 e. The summed E-state index contributed by atoms with van der Waals surface area (Å²) in [4.78, 5) is 12.0. The number of rotatable bonds is 6. The van der Waals surface area contributed by atoms with Crippen LogP contribution in [0.1, 0.15) is 37.3 Å². The van der Waals surface area contributed by atoms with E-state index in [1.165, 1.54) is 5.56 Å². The van der Waals surface area contributed by atoms with E-state index < -0.39 is 0 Å². The van der Waals surface area contributed by atoms with E-state index in [2.05, 4.69) is 47.2 Å². The highest BCUT2D eigenvalue weighted by molar-refractivity contribution is 9.10. The molecule has 3 nitrogen and oxygen atoms in total. The second-order valence-corrected chi connectivity index (χ2v) is 6.56. The number of benzene rings is 2. The van der Waals surface area contributed by atoms with Crippen LogP contribution in [0.2, 0.25) is 0 Å². The van der Waals surface area contributed by atoms with E-state index in [1.807, 2.05) is 37.3 Å². The predicted octanol–water partition coefficient (Wildman–Crippen LogP) is 5.29. The van der Waals surface area contributed by atoms with Crippen molar-refractivity contribution in [1.29, 1.82) is 0 Å². The van der Waals surface area contributed by atoms with Gasteiger partial charge in [-0.15, -0.1) is 0 Å². The van der Waals surface area contributed by atoms with Gasteiger partial charge in [0.2, 0.25) is 0 Å². The van der Waals surface area contributed by atoms with Crippen molar-refractivity contribution in [3.05, 3.63) is 58.1 Å². The minimum absolute atomic E-state index is 0.0191. The maximum atomic E-state index is 12.0. The molecule has 1 N–H and O–H groups in total. The maximum absolute atomic E-state index is 12.0. The van der Waals surface area contributed by atoms with Crippen molar-refractivity contribution in [2.75, 3.05) is 11.9 Å². The molecule has 1 atom stereocenters. The second-order valence-electron chi connectivity index (χ2n) is 5.70. The highest BCUT2D eigenvalue weighted by atomic mass is 79.9. The molecule has 2 aromatic carbocycles. The van der Waals surface area contributed by atoms with Crippen LogP contribution >= 0.6 is 15.9 Å². The fourth-order valence-corrected chi connectivity index (χ4v) is 2.80. The summed E-state index contributed by atoms with van der Waals surface area (Å²) in [6.45, 7) is 6.35. The third-order valence-corrected chi connectivity index (χ3v) is 4.44. The minimum atomic E-state index is -0.172. The van der Waals surface area contributed by atoms with E-state index in [-0.39, 0.29) is 12.5 Å². The Morgan fingerprint density at radius 1 is 1.22 bits per heavy atom. The molecule has 4 heteroatoms. The monoisotopic (exact) mass is 375 g/mol. The highest BCUT2D eigenvalue weighted by Crippen LogP contribution is 2.25. The Balaban J connectivity index is 1.89. The molecule has 0 spiro atoms. The van der Waals surface area contributed by atoms with Gasteiger partial charge in [-0.05, 0) is 70.6 Å². The first kappa shape index (κ1) is 17.5. The molecule has 0 saturated carbocycles. The molecule has 0 aliphatic rings. The quantitative estimate of drug-likeness (QED) is 0.744. The normalized spacial score (nSPS) is 11.8. The Morgan fingerprint density at radius 2 is 1.91 bits per heavy atom. The van der Waals surface area contributed by atoms with Gasteiger partial charge in [-0.3, -0.25) is 4.79 Å². The lowest BCUT2D eigenvalue weighted by atomic mass is 9.99. The van der Waals surface area contributed by atoms with E-state index in [1.54, 1.807) is 0 Å². The lowest BCUT2D eigenvalue weighted by Gasteiger charge is -2.11. The molecular formula is C19H22BrNO2. The minimum Gasteiger partial charge on any atom is -0.483 e. The number of aryl methyl sites for hydroxylation is 1. The van der Waals surface area contributed by atoms with Crippen LogP contribution < -0.4 is 10.1 Å². The molecule has 0 saturated heterocycles. The van der Waals surface area contributed by atoms with Gasteiger partial charge in [-0.2, -0.15) is 0 Å². The molecule has 2 rings (SSSR count). The molecule has 23 heavy (non-hydrogen) atoms. The zero-order valence-corrected chi connectivity index (χ0v) is 15.3. The molecule has 122 valence electrons. The van der Waals surface area contributed by atoms with Gasteiger partial charge in [0, 0.05) is 5.69 Å². The van der Waals surface area contributed by atoms with Crippen molar-refractivity contribution in [3.8, 4) is 5.75 Å². The number of anilines is 1. The van der Waals surface area contributed by atoms with Crippen LogP contribution in [-0.4, -0.2) is 12.5 Å². The number of amides is 1. The lowest BCUT2D eigenvalue weighted by molar-refractivity contribution is -0.118. The van der Waals surface area contributed by atoms with Crippen LogP contribution in [0.15, 0.2) is 46.9 Å². The zero-order chi connectivity index (χ0) is 16.8. The number of halogens is 1. The van der Waals surface area contributed by atoms with Crippen LogP contribution in [0.4, 0.5) is 5.69 Å². The van der Waals surface area contributed by atoms with Crippen LogP contribution in [0, 0.1) is 6.92 Å². The van der Waals surface area contributed by atoms with Gasteiger partial charge in [0.1, 0.15) is 5.75 Å². The highest BCUT2D eigenvalue weighted by Gasteiger charge is 2.07. The fraction of sp³-hybridized carbons (Fsp3) is 0.316. The molecule has 0 radical (unpaired) electrons. The molecular weight excluding hydrogens is 354 g/mol. The van der Waals surface area contributed by atoms with Gasteiger partial charge in [0.25, 0.3) is 5.91 Å². The largest absolute Gasteiger partial charge is 0.483 e. The molecule has 0 aromatic heterocycles. The summed E-state index contributed by atoms with van der Waals surface area (Å²) in [5, 5.41) is 2.85. The van der Waals surface area contributed by atoms with Crippen molar-refractivity contribution >= 4 is 27.5 Å². The molecule has 0 fully saturated rings. The summed E-state index contributed by atoms with van der Waals surface area (Å²) in [6.07, 6.45) is 1.10. The first-order chi connectivity index (χ1) is 11.0. The standard InChI is InChI=1S/C19H22BrNO2/c1-4-14(3)15-6-8-16(9-7-15)21-19(22)12-23-18-10-5-13(2)11-17(18)20/h5-11,14H,4,12H2,1-3H3,(H,21,22)/t14-/m0/s1. The molecule has 2 aromatic rings. The molecule has 0 aliphatic heterocycles. The number of nitrogens with one attached hydrogen (secondary N) is 1. The summed E-state index contributed by atoms with van der Waals surface area (Å²) in [7, 11) is 0. The third-order valence-electron chi connectivity index (χ3n) is 3.82. The Labute approximate surface area is 146 Å². The van der Waals surface area contributed by atoms with Crippen molar-refractivity contribution in [2.24, 2.45) is 0 Å². The van der Waals surface area contributed by atoms with Gasteiger partial charge < -0.3 is 10.1 Å². The molecule has 0 aliphatic carbocycles. The van der Waals surface area contributed by atoms with Gasteiger partial charge in [-0.1, -0.05) is 32.0 Å². The summed E-state index contributed by atoms with van der Waals surface area (Å²) in [5.74, 6) is 1.02. The maximum Gasteiger partial charge on any atom is 0.262 e. The van der Waals surface area contributed by atoms with Crippen molar-refractivity contribution < 1.29 is 9.53 Å². The van der Waals surface area contributed by atoms with Crippen LogP contribution in [0.25, 0.3) is 0 Å². The summed E-state index contributed by atoms with van der Waals surface area (Å²) >= 11 is 3.44. The van der Waals surface area contributed by atoms with Gasteiger partial charge in [0.05, 0.1) is 4.47 Å². The summed E-state index contributed by atoms with van der Waals surface area (Å²) < 4.78 is 6.40. The van der Waals surface area contributed by atoms with Crippen molar-refractivity contribution in [1.82, 2.24) is 0 Å². The van der Waals surface area contributed by atoms with Crippen molar-refractivity contribution in [2.45, 2.75) is 33.1 Å². The third kappa shape index (κ3) is 5.10.